The Morgan fingerprint density at radius 3 is 2.32 bits per heavy atom. The van der Waals surface area contributed by atoms with Gasteiger partial charge in [-0.2, -0.15) is 0 Å². The minimum atomic E-state index is -0.462. The molecule has 1 aromatic heterocycles. The molecule has 0 spiro atoms. The van der Waals surface area contributed by atoms with Gasteiger partial charge in [0.15, 0.2) is 0 Å². The second kappa shape index (κ2) is 11.4. The van der Waals surface area contributed by atoms with Crippen LogP contribution >= 0.6 is 15.9 Å². The predicted octanol–water partition coefficient (Wildman–Crippen LogP) is 4.82. The van der Waals surface area contributed by atoms with E-state index < -0.39 is 11.2 Å². The first-order valence-corrected chi connectivity index (χ1v) is 12.1. The zero-order valence-electron chi connectivity index (χ0n) is 18.7. The Kier molecular flexibility index (Phi) is 8.11. The van der Waals surface area contributed by atoms with Gasteiger partial charge in [0.25, 0.3) is 5.56 Å². The molecule has 1 heterocycles. The lowest BCUT2D eigenvalue weighted by Crippen LogP contribution is -2.33. The number of aromatic nitrogens is 2. The molecule has 6 nitrogen and oxygen atoms in total. The van der Waals surface area contributed by atoms with Gasteiger partial charge in [0.1, 0.15) is 0 Å². The van der Waals surface area contributed by atoms with Crippen molar-refractivity contribution >= 4 is 22.0 Å². The van der Waals surface area contributed by atoms with Crippen LogP contribution in [0.15, 0.2) is 93.6 Å². The maximum Gasteiger partial charge on any atom is 0.328 e. The minimum absolute atomic E-state index is 0.0913. The van der Waals surface area contributed by atoms with Gasteiger partial charge in [-0.25, -0.2) is 4.79 Å². The van der Waals surface area contributed by atoms with E-state index in [1.807, 2.05) is 60.7 Å². The number of hydrogen-bond acceptors (Lipinski definition) is 4. The Bertz CT molecular complexity index is 1250. The molecule has 0 amide bonds. The topological polar surface area (TPSA) is 73.3 Å². The maximum absolute atomic E-state index is 12.7. The van der Waals surface area contributed by atoms with E-state index in [2.05, 4.69) is 27.5 Å². The van der Waals surface area contributed by atoms with Gasteiger partial charge in [0.2, 0.25) is 0 Å². The highest BCUT2D eigenvalue weighted by Gasteiger charge is 2.40. The molecule has 1 fully saturated rings. The molecular formula is C27H27BrN2O4. The molecule has 0 bridgehead atoms. The van der Waals surface area contributed by atoms with E-state index in [0.29, 0.717) is 31.8 Å². The quantitative estimate of drug-likeness (QED) is 0.409. The van der Waals surface area contributed by atoms with E-state index in [-0.39, 0.29) is 18.1 Å². The number of H-pyrrole nitrogens is 1. The van der Waals surface area contributed by atoms with E-state index in [4.69, 9.17) is 9.47 Å². The number of nitrogens with one attached hydrogen (secondary N) is 1. The van der Waals surface area contributed by atoms with Crippen LogP contribution in [0.1, 0.15) is 29.2 Å². The maximum atomic E-state index is 12.7. The highest BCUT2D eigenvalue weighted by molar-refractivity contribution is 9.11. The Hall–Kier alpha value is -3.00. The van der Waals surface area contributed by atoms with E-state index in [1.165, 1.54) is 0 Å². The van der Waals surface area contributed by atoms with Crippen molar-refractivity contribution in [1.82, 2.24) is 9.55 Å². The fourth-order valence-corrected chi connectivity index (χ4v) is 4.57. The predicted molar refractivity (Wildman–Crippen MR) is 137 cm³/mol. The third-order valence-corrected chi connectivity index (χ3v) is 6.36. The number of hydrogen-bond donors (Lipinski definition) is 1. The van der Waals surface area contributed by atoms with E-state index in [9.17, 15) is 9.59 Å². The molecule has 0 saturated heterocycles. The average Bonchev–Trinajstić information content (AvgIpc) is 3.16. The van der Waals surface area contributed by atoms with E-state index in [0.717, 1.165) is 16.7 Å². The number of aromatic amines is 1. The SMILES string of the molecule is C=C1[C@H](COCc2ccccc2)[C@@H](OCc2ccccc2)C[C@@H]1n1cc(C=CBr)c(=O)[nH]c1=O. The fraction of sp³-hybridized carbons (Fsp3) is 0.259. The van der Waals surface area contributed by atoms with Crippen molar-refractivity contribution in [2.24, 2.45) is 5.92 Å². The highest BCUT2D eigenvalue weighted by atomic mass is 79.9. The summed E-state index contributed by atoms with van der Waals surface area (Å²) in [5.74, 6) is -0.0913. The van der Waals surface area contributed by atoms with Crippen LogP contribution in [-0.4, -0.2) is 22.3 Å². The molecule has 34 heavy (non-hydrogen) atoms. The van der Waals surface area contributed by atoms with Gasteiger partial charge in [-0.05, 0) is 34.2 Å². The molecule has 176 valence electrons. The standard InChI is InChI=1S/C27H27BrN2O4/c1-19-23(18-33-16-20-8-4-2-5-9-20)25(34-17-21-10-6-3-7-11-21)14-24(19)30-15-22(12-13-28)26(31)29-27(30)32/h2-13,15,23-25H,1,14,16-18H2,(H,29,31,32)/t23-,24-,25-/m0/s1. The van der Waals surface area contributed by atoms with Crippen LogP contribution in [0.5, 0.6) is 0 Å². The Balaban J connectivity index is 1.55. The van der Waals surface area contributed by atoms with Gasteiger partial charge in [-0.3, -0.25) is 14.3 Å². The van der Waals surface area contributed by atoms with Crippen LogP contribution in [0.4, 0.5) is 0 Å². The summed E-state index contributed by atoms with van der Waals surface area (Å²) in [6.45, 7) is 5.69. The lowest BCUT2D eigenvalue weighted by Gasteiger charge is -2.21. The summed E-state index contributed by atoms with van der Waals surface area (Å²) in [5, 5.41) is 0. The highest BCUT2D eigenvalue weighted by Crippen LogP contribution is 2.40. The van der Waals surface area contributed by atoms with Crippen LogP contribution in [0.25, 0.3) is 6.08 Å². The molecule has 1 saturated carbocycles. The van der Waals surface area contributed by atoms with Crippen molar-refractivity contribution in [3.63, 3.8) is 0 Å². The Morgan fingerprint density at radius 1 is 1.03 bits per heavy atom. The van der Waals surface area contributed by atoms with Gasteiger partial charge in [0, 0.05) is 12.1 Å². The first-order valence-electron chi connectivity index (χ1n) is 11.1. The van der Waals surface area contributed by atoms with Crippen molar-refractivity contribution in [1.29, 1.82) is 0 Å². The summed E-state index contributed by atoms with van der Waals surface area (Å²) < 4.78 is 13.9. The number of nitrogens with zero attached hydrogens (tertiary/aromatic N) is 1. The van der Waals surface area contributed by atoms with Crippen molar-refractivity contribution in [3.8, 4) is 0 Å². The summed E-state index contributed by atoms with van der Waals surface area (Å²) in [6.07, 6.45) is 3.57. The summed E-state index contributed by atoms with van der Waals surface area (Å²) in [7, 11) is 0. The van der Waals surface area contributed by atoms with E-state index in [1.54, 1.807) is 21.8 Å². The molecule has 1 N–H and O–H groups in total. The van der Waals surface area contributed by atoms with Gasteiger partial charge < -0.3 is 9.47 Å². The molecular weight excluding hydrogens is 496 g/mol. The summed E-state index contributed by atoms with van der Waals surface area (Å²) in [5.41, 5.74) is 2.51. The first-order chi connectivity index (χ1) is 16.6. The summed E-state index contributed by atoms with van der Waals surface area (Å²) >= 11 is 3.19. The van der Waals surface area contributed by atoms with Crippen LogP contribution in [0, 0.1) is 5.92 Å². The van der Waals surface area contributed by atoms with Crippen molar-refractivity contribution in [3.05, 3.63) is 122 Å². The van der Waals surface area contributed by atoms with Crippen molar-refractivity contribution in [2.75, 3.05) is 6.61 Å². The van der Waals surface area contributed by atoms with E-state index >= 15 is 0 Å². The lowest BCUT2D eigenvalue weighted by atomic mass is 10.0. The number of rotatable bonds is 9. The Morgan fingerprint density at radius 2 is 1.68 bits per heavy atom. The van der Waals surface area contributed by atoms with Gasteiger partial charge in [0.05, 0.1) is 37.5 Å². The van der Waals surface area contributed by atoms with Gasteiger partial charge >= 0.3 is 5.69 Å². The molecule has 0 unspecified atom stereocenters. The number of halogens is 1. The smallest absolute Gasteiger partial charge is 0.328 e. The molecule has 0 aliphatic heterocycles. The summed E-state index contributed by atoms with van der Waals surface area (Å²) in [4.78, 5) is 28.8. The third kappa shape index (κ3) is 5.73. The molecule has 1 aliphatic carbocycles. The zero-order valence-corrected chi connectivity index (χ0v) is 20.3. The van der Waals surface area contributed by atoms with Gasteiger partial charge in [-0.1, -0.05) is 83.2 Å². The molecule has 1 aliphatic rings. The first kappa shape index (κ1) is 24.1. The molecule has 4 rings (SSSR count). The normalized spacial score (nSPS) is 20.3. The molecule has 3 aromatic rings. The molecule has 2 aromatic carbocycles. The summed E-state index contributed by atoms with van der Waals surface area (Å²) in [6, 6.07) is 19.7. The monoisotopic (exact) mass is 522 g/mol. The van der Waals surface area contributed by atoms with Gasteiger partial charge in [-0.15, -0.1) is 0 Å². The lowest BCUT2D eigenvalue weighted by molar-refractivity contribution is -0.0122. The Labute approximate surface area is 206 Å². The third-order valence-electron chi connectivity index (χ3n) is 6.10. The van der Waals surface area contributed by atoms with Crippen LogP contribution in [0.2, 0.25) is 0 Å². The number of benzene rings is 2. The average molecular weight is 523 g/mol. The van der Waals surface area contributed by atoms with Crippen molar-refractivity contribution < 1.29 is 9.47 Å². The molecule has 7 heteroatoms. The fourth-order valence-electron chi connectivity index (χ4n) is 4.29. The molecule has 0 radical (unpaired) electrons. The number of ether oxygens (including phenoxy) is 2. The second-order valence-electron chi connectivity index (χ2n) is 8.31. The molecule has 3 atom stereocenters. The van der Waals surface area contributed by atoms with Crippen LogP contribution in [-0.2, 0) is 22.7 Å². The van der Waals surface area contributed by atoms with Crippen LogP contribution in [0.3, 0.4) is 0 Å². The largest absolute Gasteiger partial charge is 0.376 e. The zero-order chi connectivity index (χ0) is 23.9. The second-order valence-corrected chi connectivity index (χ2v) is 8.84. The minimum Gasteiger partial charge on any atom is -0.376 e. The van der Waals surface area contributed by atoms with Crippen molar-refractivity contribution in [2.45, 2.75) is 31.8 Å². The van der Waals surface area contributed by atoms with Crippen LogP contribution < -0.4 is 11.2 Å².